The molecule has 0 aliphatic carbocycles. The van der Waals surface area contributed by atoms with Crippen molar-refractivity contribution in [1.29, 1.82) is 5.26 Å². The highest BCUT2D eigenvalue weighted by molar-refractivity contribution is 6.33. The third-order valence-electron chi connectivity index (χ3n) is 3.78. The van der Waals surface area contributed by atoms with E-state index in [-0.39, 0.29) is 16.8 Å². The van der Waals surface area contributed by atoms with Crippen molar-refractivity contribution in [3.63, 3.8) is 0 Å². The van der Waals surface area contributed by atoms with Gasteiger partial charge in [0.2, 0.25) is 0 Å². The van der Waals surface area contributed by atoms with Crippen molar-refractivity contribution in [3.05, 3.63) is 33.3 Å². The molecule has 1 aromatic rings. The van der Waals surface area contributed by atoms with Crippen LogP contribution in [0.2, 0.25) is 5.02 Å². The molecule has 7 heteroatoms. The largest absolute Gasteiger partial charge is 0.363 e. The van der Waals surface area contributed by atoms with Crippen LogP contribution in [0, 0.1) is 21.4 Å². The molecule has 1 aliphatic rings. The van der Waals surface area contributed by atoms with E-state index < -0.39 is 4.92 Å². The summed E-state index contributed by atoms with van der Waals surface area (Å²) in [6.45, 7) is 4.73. The molecule has 1 aliphatic heterocycles. The number of para-hydroxylation sites is 1. The maximum atomic E-state index is 11.2. The van der Waals surface area contributed by atoms with E-state index in [1.54, 1.807) is 12.1 Å². The summed E-state index contributed by atoms with van der Waals surface area (Å²) in [4.78, 5) is 14.8. The summed E-state index contributed by atoms with van der Waals surface area (Å²) in [5.74, 6) is 0. The lowest BCUT2D eigenvalue weighted by Gasteiger charge is -2.37. The molecule has 1 aromatic carbocycles. The van der Waals surface area contributed by atoms with Gasteiger partial charge < -0.3 is 4.90 Å². The third kappa shape index (κ3) is 3.26. The van der Waals surface area contributed by atoms with Gasteiger partial charge in [-0.05, 0) is 18.6 Å². The first kappa shape index (κ1) is 15.5. The predicted molar refractivity (Wildman–Crippen MR) is 81.6 cm³/mol. The second-order valence-electron chi connectivity index (χ2n) is 4.94. The first-order valence-electron chi connectivity index (χ1n) is 6.90. The second kappa shape index (κ2) is 6.74. The maximum Gasteiger partial charge on any atom is 0.310 e. The molecule has 1 unspecified atom stereocenters. The molecular formula is C14H17ClN4O2. The summed E-state index contributed by atoms with van der Waals surface area (Å²) in [6, 6.07) is 7.19. The van der Waals surface area contributed by atoms with Crippen LogP contribution in [0.1, 0.15) is 13.3 Å². The average molecular weight is 309 g/mol. The number of nitro benzene ring substituents is 1. The summed E-state index contributed by atoms with van der Waals surface area (Å²) in [5.41, 5.74) is 0.511. The SMILES string of the molecule is CCC(C#N)N1CCN(c2cccc(Cl)c2[N+](=O)[O-])CC1. The highest BCUT2D eigenvalue weighted by Crippen LogP contribution is 2.35. The number of piperazine rings is 1. The van der Waals surface area contributed by atoms with Crippen molar-refractivity contribution in [3.8, 4) is 6.07 Å². The van der Waals surface area contributed by atoms with Gasteiger partial charge in [0.1, 0.15) is 10.7 Å². The molecule has 0 saturated carbocycles. The quantitative estimate of drug-likeness (QED) is 0.631. The molecule has 21 heavy (non-hydrogen) atoms. The Morgan fingerprint density at radius 2 is 2.10 bits per heavy atom. The van der Waals surface area contributed by atoms with Crippen LogP contribution in [0.5, 0.6) is 0 Å². The van der Waals surface area contributed by atoms with Crippen LogP contribution >= 0.6 is 11.6 Å². The smallest absolute Gasteiger partial charge is 0.310 e. The standard InChI is InChI=1S/C14H17ClN4O2/c1-2-11(10-16)17-6-8-18(9-7-17)13-5-3-4-12(15)14(13)19(20)21/h3-5,11H,2,6-9H2,1H3. The van der Waals surface area contributed by atoms with Crippen molar-refractivity contribution in [2.24, 2.45) is 0 Å². The van der Waals surface area contributed by atoms with Crippen molar-refractivity contribution < 1.29 is 4.92 Å². The molecule has 0 N–H and O–H groups in total. The molecule has 1 atom stereocenters. The van der Waals surface area contributed by atoms with E-state index in [1.165, 1.54) is 6.07 Å². The first-order chi connectivity index (χ1) is 10.1. The molecule has 0 aromatic heterocycles. The number of anilines is 1. The van der Waals surface area contributed by atoms with Crippen molar-refractivity contribution in [2.75, 3.05) is 31.1 Å². The zero-order chi connectivity index (χ0) is 15.4. The van der Waals surface area contributed by atoms with Crippen LogP contribution in [0.4, 0.5) is 11.4 Å². The number of nitriles is 1. The zero-order valence-corrected chi connectivity index (χ0v) is 12.6. The maximum absolute atomic E-state index is 11.2. The first-order valence-corrected chi connectivity index (χ1v) is 7.27. The minimum Gasteiger partial charge on any atom is -0.363 e. The topological polar surface area (TPSA) is 73.4 Å². The van der Waals surface area contributed by atoms with Gasteiger partial charge in [-0.1, -0.05) is 24.6 Å². The lowest BCUT2D eigenvalue weighted by molar-refractivity contribution is -0.384. The van der Waals surface area contributed by atoms with Gasteiger partial charge in [0.05, 0.1) is 17.0 Å². The molecule has 112 valence electrons. The van der Waals surface area contributed by atoms with Crippen molar-refractivity contribution >= 4 is 23.0 Å². The fourth-order valence-electron chi connectivity index (χ4n) is 2.65. The molecule has 0 radical (unpaired) electrons. The summed E-state index contributed by atoms with van der Waals surface area (Å²) in [5, 5.41) is 20.4. The number of hydrogen-bond acceptors (Lipinski definition) is 5. The third-order valence-corrected chi connectivity index (χ3v) is 4.08. The highest BCUT2D eigenvalue weighted by atomic mass is 35.5. The molecule has 0 bridgehead atoms. The number of nitrogens with zero attached hydrogens (tertiary/aromatic N) is 4. The Balaban J connectivity index is 2.15. The van der Waals surface area contributed by atoms with Crippen molar-refractivity contribution in [2.45, 2.75) is 19.4 Å². The summed E-state index contributed by atoms with van der Waals surface area (Å²) in [7, 11) is 0. The minimum absolute atomic E-state index is 0.0417. The number of halogens is 1. The number of rotatable bonds is 4. The molecule has 1 fully saturated rings. The lowest BCUT2D eigenvalue weighted by atomic mass is 10.1. The van der Waals surface area contributed by atoms with E-state index >= 15 is 0 Å². The van der Waals surface area contributed by atoms with Gasteiger partial charge in [-0.15, -0.1) is 0 Å². The molecule has 0 amide bonds. The van der Waals surface area contributed by atoms with E-state index in [0.717, 1.165) is 19.5 Å². The van der Waals surface area contributed by atoms with Gasteiger partial charge >= 0.3 is 5.69 Å². The molecule has 6 nitrogen and oxygen atoms in total. The monoisotopic (exact) mass is 308 g/mol. The van der Waals surface area contributed by atoms with E-state index in [0.29, 0.717) is 18.8 Å². The Morgan fingerprint density at radius 3 is 2.62 bits per heavy atom. The Morgan fingerprint density at radius 1 is 1.43 bits per heavy atom. The molecule has 1 heterocycles. The Kier molecular flexibility index (Phi) is 4.99. The normalized spacial score (nSPS) is 17.3. The van der Waals surface area contributed by atoms with Gasteiger partial charge in [0, 0.05) is 26.2 Å². The van der Waals surface area contributed by atoms with Gasteiger partial charge in [-0.2, -0.15) is 5.26 Å². The lowest BCUT2D eigenvalue weighted by Crippen LogP contribution is -2.50. The zero-order valence-electron chi connectivity index (χ0n) is 11.8. The van der Waals surface area contributed by atoms with E-state index in [9.17, 15) is 10.1 Å². The molecule has 1 saturated heterocycles. The number of nitro groups is 1. The van der Waals surface area contributed by atoms with Crippen LogP contribution in [0.3, 0.4) is 0 Å². The van der Waals surface area contributed by atoms with Crippen LogP contribution in [-0.4, -0.2) is 42.0 Å². The van der Waals surface area contributed by atoms with E-state index in [2.05, 4.69) is 11.0 Å². The van der Waals surface area contributed by atoms with Gasteiger partial charge in [-0.25, -0.2) is 0 Å². The molecule has 2 rings (SSSR count). The fourth-order valence-corrected chi connectivity index (χ4v) is 2.88. The number of hydrogen-bond donors (Lipinski definition) is 0. The molecule has 0 spiro atoms. The van der Waals surface area contributed by atoms with E-state index in [1.807, 2.05) is 11.8 Å². The fraction of sp³-hybridized carbons (Fsp3) is 0.500. The van der Waals surface area contributed by atoms with Crippen LogP contribution in [-0.2, 0) is 0 Å². The van der Waals surface area contributed by atoms with Crippen LogP contribution in [0.15, 0.2) is 18.2 Å². The Hall–Kier alpha value is -1.84. The second-order valence-corrected chi connectivity index (χ2v) is 5.35. The summed E-state index contributed by atoms with van der Waals surface area (Å²) < 4.78 is 0. The Labute approximate surface area is 128 Å². The molecular weight excluding hydrogens is 292 g/mol. The predicted octanol–water partition coefficient (Wildman–Crippen LogP) is 2.67. The minimum atomic E-state index is -0.436. The Bertz CT molecular complexity index is 565. The number of benzene rings is 1. The average Bonchev–Trinajstić information content (AvgIpc) is 2.48. The van der Waals surface area contributed by atoms with Gasteiger partial charge in [0.15, 0.2) is 0 Å². The van der Waals surface area contributed by atoms with Crippen LogP contribution < -0.4 is 4.90 Å². The summed E-state index contributed by atoms with van der Waals surface area (Å²) in [6.07, 6.45) is 0.786. The van der Waals surface area contributed by atoms with Crippen molar-refractivity contribution in [1.82, 2.24) is 4.90 Å². The van der Waals surface area contributed by atoms with Gasteiger partial charge in [0.25, 0.3) is 0 Å². The van der Waals surface area contributed by atoms with Gasteiger partial charge in [-0.3, -0.25) is 15.0 Å². The summed E-state index contributed by atoms with van der Waals surface area (Å²) >= 11 is 5.95. The van der Waals surface area contributed by atoms with E-state index in [4.69, 9.17) is 16.9 Å². The van der Waals surface area contributed by atoms with Crippen LogP contribution in [0.25, 0.3) is 0 Å². The highest BCUT2D eigenvalue weighted by Gasteiger charge is 2.27.